The first kappa shape index (κ1) is 22.4. The number of nitrogens with one attached hydrogen (secondary N) is 2. The van der Waals surface area contributed by atoms with Gasteiger partial charge in [-0.2, -0.15) is 0 Å². The molecule has 156 valence electrons. The van der Waals surface area contributed by atoms with Crippen LogP contribution in [0.5, 0.6) is 0 Å². The highest BCUT2D eigenvalue weighted by Crippen LogP contribution is 2.18. The normalized spacial score (nSPS) is 12.6. The minimum absolute atomic E-state index is 0.000536. The number of guanidine groups is 1. The lowest BCUT2D eigenvalue weighted by Crippen LogP contribution is -2.41. The van der Waals surface area contributed by atoms with E-state index in [1.54, 1.807) is 38.2 Å². The molecule has 2 rings (SSSR count). The number of benzene rings is 2. The van der Waals surface area contributed by atoms with Gasteiger partial charge in [-0.1, -0.05) is 24.3 Å². The average molecular weight is 400 g/mol. The summed E-state index contributed by atoms with van der Waals surface area (Å²) in [6.45, 7) is 1.15. The van der Waals surface area contributed by atoms with Crippen LogP contribution in [-0.4, -0.2) is 63.4 Å². The fraction of sp³-hybridized carbons (Fsp3) is 0.364. The standard InChI is InChI=1S/C22H30FN5O/c1-24-22(25-14-16-9-11-17(12-10-16)21(29)28(4)5)26-15-20(27(2)3)18-7-6-8-19(23)13-18/h6-13,20H,14-15H2,1-5H3,(H2,24,25,26). The van der Waals surface area contributed by atoms with Crippen molar-refractivity contribution in [1.29, 1.82) is 0 Å². The Hall–Kier alpha value is -2.93. The first-order chi connectivity index (χ1) is 13.8. The Morgan fingerprint density at radius 1 is 1.07 bits per heavy atom. The van der Waals surface area contributed by atoms with Crippen LogP contribution in [0.1, 0.15) is 27.5 Å². The van der Waals surface area contributed by atoms with E-state index in [0.29, 0.717) is 24.6 Å². The molecule has 6 nitrogen and oxygen atoms in total. The summed E-state index contributed by atoms with van der Waals surface area (Å²) < 4.78 is 13.6. The molecule has 0 saturated heterocycles. The van der Waals surface area contributed by atoms with Gasteiger partial charge in [0.1, 0.15) is 5.82 Å². The van der Waals surface area contributed by atoms with Crippen LogP contribution in [-0.2, 0) is 6.54 Å². The Labute approximate surface area is 172 Å². The number of aliphatic imine (C=N–C) groups is 1. The van der Waals surface area contributed by atoms with Crippen LogP contribution in [0.25, 0.3) is 0 Å². The van der Waals surface area contributed by atoms with Gasteiger partial charge >= 0.3 is 0 Å². The second kappa shape index (κ2) is 10.6. The zero-order valence-electron chi connectivity index (χ0n) is 17.7. The molecule has 0 fully saturated rings. The quantitative estimate of drug-likeness (QED) is 0.555. The van der Waals surface area contributed by atoms with Crippen molar-refractivity contribution >= 4 is 11.9 Å². The second-order valence-electron chi connectivity index (χ2n) is 7.24. The maximum atomic E-state index is 13.6. The molecule has 0 aliphatic heterocycles. The number of halogens is 1. The monoisotopic (exact) mass is 399 g/mol. The molecule has 2 aromatic rings. The largest absolute Gasteiger partial charge is 0.354 e. The van der Waals surface area contributed by atoms with Gasteiger partial charge in [-0.3, -0.25) is 9.79 Å². The van der Waals surface area contributed by atoms with Crippen LogP contribution in [0.3, 0.4) is 0 Å². The number of hydrogen-bond acceptors (Lipinski definition) is 3. The summed E-state index contributed by atoms with van der Waals surface area (Å²) >= 11 is 0. The maximum Gasteiger partial charge on any atom is 0.253 e. The molecule has 0 bridgehead atoms. The lowest BCUT2D eigenvalue weighted by Gasteiger charge is -2.26. The molecule has 0 aliphatic carbocycles. The van der Waals surface area contributed by atoms with Crippen LogP contribution in [0.4, 0.5) is 4.39 Å². The summed E-state index contributed by atoms with van der Waals surface area (Å²) in [5.74, 6) is 0.392. The molecule has 0 radical (unpaired) electrons. The van der Waals surface area contributed by atoms with Gasteiger partial charge in [0.15, 0.2) is 5.96 Å². The lowest BCUT2D eigenvalue weighted by molar-refractivity contribution is 0.0827. The summed E-state index contributed by atoms with van der Waals surface area (Å²) in [6, 6.07) is 14.1. The third-order valence-electron chi connectivity index (χ3n) is 4.61. The van der Waals surface area contributed by atoms with Crippen molar-refractivity contribution in [2.75, 3.05) is 41.8 Å². The summed E-state index contributed by atoms with van der Waals surface area (Å²) in [4.78, 5) is 19.8. The molecular formula is C22H30FN5O. The van der Waals surface area contributed by atoms with Crippen molar-refractivity contribution in [3.63, 3.8) is 0 Å². The zero-order chi connectivity index (χ0) is 21.4. The molecule has 7 heteroatoms. The van der Waals surface area contributed by atoms with Gasteiger partial charge in [0, 0.05) is 39.8 Å². The molecule has 0 spiro atoms. The highest BCUT2D eigenvalue weighted by atomic mass is 19.1. The van der Waals surface area contributed by atoms with Crippen molar-refractivity contribution in [1.82, 2.24) is 20.4 Å². The topological polar surface area (TPSA) is 60.0 Å². The third-order valence-corrected chi connectivity index (χ3v) is 4.61. The smallest absolute Gasteiger partial charge is 0.253 e. The van der Waals surface area contributed by atoms with Crippen molar-refractivity contribution in [2.24, 2.45) is 4.99 Å². The predicted molar refractivity (Wildman–Crippen MR) is 115 cm³/mol. The molecule has 1 atom stereocenters. The molecule has 2 N–H and O–H groups in total. The van der Waals surface area contributed by atoms with E-state index in [2.05, 4.69) is 15.6 Å². The Balaban J connectivity index is 1.94. The Bertz CT molecular complexity index is 833. The van der Waals surface area contributed by atoms with E-state index >= 15 is 0 Å². The predicted octanol–water partition coefficient (Wildman–Crippen LogP) is 2.50. The molecule has 2 aromatic carbocycles. The fourth-order valence-electron chi connectivity index (χ4n) is 2.94. The summed E-state index contributed by atoms with van der Waals surface area (Å²) in [5, 5.41) is 6.56. The first-order valence-electron chi connectivity index (χ1n) is 9.48. The van der Waals surface area contributed by atoms with E-state index in [0.717, 1.165) is 11.1 Å². The highest BCUT2D eigenvalue weighted by molar-refractivity contribution is 5.93. The molecule has 29 heavy (non-hydrogen) atoms. The van der Waals surface area contributed by atoms with Crippen LogP contribution < -0.4 is 10.6 Å². The molecule has 1 unspecified atom stereocenters. The van der Waals surface area contributed by atoms with Gasteiger partial charge in [0.25, 0.3) is 5.91 Å². The summed E-state index contributed by atoms with van der Waals surface area (Å²) in [7, 11) is 9.10. The second-order valence-corrected chi connectivity index (χ2v) is 7.24. The third kappa shape index (κ3) is 6.57. The number of likely N-dealkylation sites (N-methyl/N-ethyl adjacent to an activating group) is 1. The number of carbonyl (C=O) groups excluding carboxylic acids is 1. The molecule has 0 aromatic heterocycles. The van der Waals surface area contributed by atoms with Crippen LogP contribution in [0, 0.1) is 5.82 Å². The first-order valence-corrected chi connectivity index (χ1v) is 9.48. The van der Waals surface area contributed by atoms with Gasteiger partial charge in [0.2, 0.25) is 0 Å². The van der Waals surface area contributed by atoms with Crippen molar-refractivity contribution < 1.29 is 9.18 Å². The number of rotatable bonds is 7. The lowest BCUT2D eigenvalue weighted by atomic mass is 10.1. The van der Waals surface area contributed by atoms with Gasteiger partial charge in [-0.15, -0.1) is 0 Å². The van der Waals surface area contributed by atoms with Gasteiger partial charge < -0.3 is 20.4 Å². The minimum atomic E-state index is -0.243. The Morgan fingerprint density at radius 3 is 2.31 bits per heavy atom. The van der Waals surface area contributed by atoms with Gasteiger partial charge in [-0.05, 0) is 49.5 Å². The average Bonchev–Trinajstić information content (AvgIpc) is 2.70. The van der Waals surface area contributed by atoms with E-state index in [4.69, 9.17) is 0 Å². The van der Waals surface area contributed by atoms with Gasteiger partial charge in [0.05, 0.1) is 6.04 Å². The van der Waals surface area contributed by atoms with Crippen molar-refractivity contribution in [3.05, 3.63) is 71.0 Å². The number of hydrogen-bond donors (Lipinski definition) is 2. The molecule has 0 heterocycles. The molecule has 1 amide bonds. The number of carbonyl (C=O) groups is 1. The summed E-state index contributed by atoms with van der Waals surface area (Å²) in [5.41, 5.74) is 2.60. The Kier molecular flexibility index (Phi) is 8.15. The van der Waals surface area contributed by atoms with E-state index in [1.807, 2.05) is 49.3 Å². The van der Waals surface area contributed by atoms with E-state index < -0.39 is 0 Å². The van der Waals surface area contributed by atoms with Crippen LogP contribution in [0.2, 0.25) is 0 Å². The number of nitrogens with zero attached hydrogens (tertiary/aromatic N) is 3. The molecular weight excluding hydrogens is 369 g/mol. The highest BCUT2D eigenvalue weighted by Gasteiger charge is 2.15. The fourth-order valence-corrected chi connectivity index (χ4v) is 2.94. The van der Waals surface area contributed by atoms with Crippen molar-refractivity contribution in [2.45, 2.75) is 12.6 Å². The van der Waals surface area contributed by atoms with Gasteiger partial charge in [-0.25, -0.2) is 4.39 Å². The molecule has 0 saturated carbocycles. The maximum absolute atomic E-state index is 13.6. The SMILES string of the molecule is CN=C(NCc1ccc(C(=O)N(C)C)cc1)NCC(c1cccc(F)c1)N(C)C. The van der Waals surface area contributed by atoms with Crippen LogP contribution in [0.15, 0.2) is 53.5 Å². The minimum Gasteiger partial charge on any atom is -0.354 e. The van der Waals surface area contributed by atoms with E-state index in [-0.39, 0.29) is 17.8 Å². The summed E-state index contributed by atoms with van der Waals surface area (Å²) in [6.07, 6.45) is 0. The van der Waals surface area contributed by atoms with E-state index in [1.165, 1.54) is 6.07 Å². The zero-order valence-corrected chi connectivity index (χ0v) is 17.7. The van der Waals surface area contributed by atoms with Crippen LogP contribution >= 0.6 is 0 Å². The Morgan fingerprint density at radius 2 is 1.76 bits per heavy atom. The molecule has 0 aliphatic rings. The van der Waals surface area contributed by atoms with E-state index in [9.17, 15) is 9.18 Å². The van der Waals surface area contributed by atoms with Crippen molar-refractivity contribution in [3.8, 4) is 0 Å². The number of amides is 1.